The molecule has 3 rings (SSSR count). The van der Waals surface area contributed by atoms with Crippen LogP contribution in [0.1, 0.15) is 58.4 Å². The molecule has 1 saturated carbocycles. The van der Waals surface area contributed by atoms with Crippen LogP contribution in [-0.4, -0.2) is 34.3 Å². The molecule has 0 bridgehead atoms. The Morgan fingerprint density at radius 1 is 1.19 bits per heavy atom. The van der Waals surface area contributed by atoms with E-state index in [1.54, 1.807) is 18.5 Å². The number of nitrogens with one attached hydrogen (secondary N) is 1. The molecule has 1 amide bonds. The van der Waals surface area contributed by atoms with Gasteiger partial charge in [0.2, 0.25) is 0 Å². The first kappa shape index (κ1) is 23.0. The lowest BCUT2D eigenvalue weighted by molar-refractivity contribution is 0.0493. The van der Waals surface area contributed by atoms with E-state index in [0.717, 1.165) is 37.7 Å². The molecular formula is C24H32FN3O3. The maximum absolute atomic E-state index is 14.2. The van der Waals surface area contributed by atoms with Crippen molar-refractivity contribution < 1.29 is 18.7 Å². The predicted octanol–water partition coefficient (Wildman–Crippen LogP) is 5.44. The minimum atomic E-state index is -0.512. The number of alkyl carbamates (subject to hydrolysis) is 1. The molecule has 0 spiro atoms. The van der Waals surface area contributed by atoms with Crippen LogP contribution in [0.3, 0.4) is 0 Å². The number of benzene rings is 1. The van der Waals surface area contributed by atoms with E-state index >= 15 is 0 Å². The Hall–Kier alpha value is -2.70. The number of amides is 1. The number of rotatable bonds is 5. The summed E-state index contributed by atoms with van der Waals surface area (Å²) in [6, 6.07) is 5.42. The predicted molar refractivity (Wildman–Crippen MR) is 117 cm³/mol. The fraction of sp³-hybridized carbons (Fsp3) is 0.542. The normalized spacial score (nSPS) is 19.4. The third kappa shape index (κ3) is 7.19. The molecular weight excluding hydrogens is 397 g/mol. The summed E-state index contributed by atoms with van der Waals surface area (Å²) in [4.78, 5) is 20.6. The number of hydrogen-bond acceptors (Lipinski definition) is 5. The Morgan fingerprint density at radius 3 is 2.58 bits per heavy atom. The van der Waals surface area contributed by atoms with Crippen molar-refractivity contribution >= 4 is 6.09 Å². The molecule has 2 aromatic rings. The molecule has 1 N–H and O–H groups in total. The van der Waals surface area contributed by atoms with E-state index in [1.807, 2.05) is 33.8 Å². The first-order valence-corrected chi connectivity index (χ1v) is 10.9. The van der Waals surface area contributed by atoms with Crippen LogP contribution < -0.4 is 10.1 Å². The minimum absolute atomic E-state index is 0.0683. The Kier molecular flexibility index (Phi) is 7.46. The summed E-state index contributed by atoms with van der Waals surface area (Å²) in [5.74, 6) is -0.000454. The zero-order valence-corrected chi connectivity index (χ0v) is 18.8. The topological polar surface area (TPSA) is 73.3 Å². The van der Waals surface area contributed by atoms with Crippen LogP contribution in [0.25, 0.3) is 11.1 Å². The van der Waals surface area contributed by atoms with Crippen molar-refractivity contribution in [1.29, 1.82) is 0 Å². The number of carbonyl (C=O) groups excluding carboxylic acids is 1. The van der Waals surface area contributed by atoms with Gasteiger partial charge in [0.1, 0.15) is 11.4 Å². The van der Waals surface area contributed by atoms with E-state index in [2.05, 4.69) is 15.3 Å². The SMILES string of the molecule is Cc1ccc(-c2cnc(OC[C@H]3CCCC[C@H](NC(=O)OC(C)(C)C)C3)nc2)c(F)c1. The lowest BCUT2D eigenvalue weighted by atomic mass is 9.99. The molecule has 7 heteroatoms. The third-order valence-electron chi connectivity index (χ3n) is 5.27. The molecule has 1 aliphatic rings. The van der Waals surface area contributed by atoms with Crippen molar-refractivity contribution in [2.24, 2.45) is 5.92 Å². The van der Waals surface area contributed by atoms with Gasteiger partial charge in [0.15, 0.2) is 0 Å². The third-order valence-corrected chi connectivity index (χ3v) is 5.27. The van der Waals surface area contributed by atoms with Crippen LogP contribution in [0, 0.1) is 18.7 Å². The van der Waals surface area contributed by atoms with Crippen molar-refractivity contribution in [2.45, 2.75) is 71.4 Å². The molecule has 1 heterocycles. The highest BCUT2D eigenvalue weighted by atomic mass is 19.1. The second-order valence-electron chi connectivity index (χ2n) is 9.28. The van der Waals surface area contributed by atoms with E-state index in [1.165, 1.54) is 6.07 Å². The quantitative estimate of drug-likeness (QED) is 0.641. The van der Waals surface area contributed by atoms with Crippen molar-refractivity contribution in [3.05, 3.63) is 42.0 Å². The van der Waals surface area contributed by atoms with E-state index < -0.39 is 5.60 Å². The maximum atomic E-state index is 14.2. The Bertz CT molecular complexity index is 881. The molecule has 0 unspecified atom stereocenters. The number of carbonyl (C=O) groups is 1. The molecule has 0 radical (unpaired) electrons. The number of halogens is 1. The Balaban J connectivity index is 1.54. The van der Waals surface area contributed by atoms with Crippen molar-refractivity contribution in [2.75, 3.05) is 6.61 Å². The number of nitrogens with zero attached hydrogens (tertiary/aromatic N) is 2. The standard InChI is InChI=1S/C24H32FN3O3/c1-16-9-10-20(21(25)11-16)18-13-26-22(27-14-18)30-15-17-7-5-6-8-19(12-17)28-23(29)31-24(2,3)4/h9-11,13-14,17,19H,5-8,12,15H2,1-4H3,(H,28,29)/t17-,19-/m0/s1. The zero-order chi connectivity index (χ0) is 22.4. The minimum Gasteiger partial charge on any atom is -0.463 e. The average molecular weight is 430 g/mol. The summed E-state index contributed by atoms with van der Waals surface area (Å²) in [6.45, 7) is 7.89. The Morgan fingerprint density at radius 2 is 1.90 bits per heavy atom. The molecule has 168 valence electrons. The van der Waals surface area contributed by atoms with E-state index in [4.69, 9.17) is 9.47 Å². The summed E-state index contributed by atoms with van der Waals surface area (Å²) < 4.78 is 25.4. The van der Waals surface area contributed by atoms with Gasteiger partial charge >= 0.3 is 12.1 Å². The summed E-state index contributed by atoms with van der Waals surface area (Å²) in [5.41, 5.74) is 1.44. The molecule has 1 aliphatic carbocycles. The largest absolute Gasteiger partial charge is 0.463 e. The van der Waals surface area contributed by atoms with Crippen LogP contribution in [-0.2, 0) is 4.74 Å². The molecule has 1 aromatic carbocycles. The van der Waals surface area contributed by atoms with Gasteiger partial charge in [-0.15, -0.1) is 0 Å². The lowest BCUT2D eigenvalue weighted by Crippen LogP contribution is -2.40. The van der Waals surface area contributed by atoms with E-state index in [0.29, 0.717) is 23.7 Å². The van der Waals surface area contributed by atoms with Crippen LogP contribution in [0.2, 0.25) is 0 Å². The fourth-order valence-electron chi connectivity index (χ4n) is 3.79. The molecule has 1 fully saturated rings. The summed E-state index contributed by atoms with van der Waals surface area (Å²) in [6.07, 6.45) is 7.72. The first-order valence-electron chi connectivity index (χ1n) is 10.9. The number of aryl methyl sites for hydroxylation is 1. The Labute approximate surface area is 183 Å². The van der Waals surface area contributed by atoms with Crippen LogP contribution in [0.5, 0.6) is 6.01 Å². The van der Waals surface area contributed by atoms with Gasteiger partial charge < -0.3 is 14.8 Å². The molecule has 2 atom stereocenters. The zero-order valence-electron chi connectivity index (χ0n) is 18.8. The molecule has 1 aromatic heterocycles. The second kappa shape index (κ2) is 10.1. The number of ether oxygens (including phenoxy) is 2. The number of aromatic nitrogens is 2. The molecule has 0 saturated heterocycles. The highest BCUT2D eigenvalue weighted by molar-refractivity contribution is 5.68. The molecule has 6 nitrogen and oxygen atoms in total. The number of hydrogen-bond donors (Lipinski definition) is 1. The second-order valence-corrected chi connectivity index (χ2v) is 9.28. The molecule has 0 aliphatic heterocycles. The highest BCUT2D eigenvalue weighted by Crippen LogP contribution is 2.26. The molecule has 31 heavy (non-hydrogen) atoms. The summed E-state index contributed by atoms with van der Waals surface area (Å²) >= 11 is 0. The van der Waals surface area contributed by atoms with Crippen LogP contribution >= 0.6 is 0 Å². The summed E-state index contributed by atoms with van der Waals surface area (Å²) in [7, 11) is 0. The van der Waals surface area contributed by atoms with Gasteiger partial charge in [-0.2, -0.15) is 0 Å². The van der Waals surface area contributed by atoms with E-state index in [-0.39, 0.29) is 24.0 Å². The van der Waals surface area contributed by atoms with Gasteiger partial charge in [-0.1, -0.05) is 25.0 Å². The summed E-state index contributed by atoms with van der Waals surface area (Å²) in [5, 5.41) is 2.99. The van der Waals surface area contributed by atoms with Gasteiger partial charge in [-0.05, 0) is 64.5 Å². The maximum Gasteiger partial charge on any atom is 0.407 e. The monoisotopic (exact) mass is 429 g/mol. The van der Waals surface area contributed by atoms with Crippen molar-refractivity contribution in [3.63, 3.8) is 0 Å². The van der Waals surface area contributed by atoms with Crippen LogP contribution in [0.15, 0.2) is 30.6 Å². The van der Waals surface area contributed by atoms with Gasteiger partial charge in [-0.25, -0.2) is 19.2 Å². The smallest absolute Gasteiger partial charge is 0.407 e. The van der Waals surface area contributed by atoms with Crippen molar-refractivity contribution in [1.82, 2.24) is 15.3 Å². The van der Waals surface area contributed by atoms with Crippen LogP contribution in [0.4, 0.5) is 9.18 Å². The van der Waals surface area contributed by atoms with Gasteiger partial charge in [-0.3, -0.25) is 0 Å². The van der Waals surface area contributed by atoms with Crippen molar-refractivity contribution in [3.8, 4) is 17.1 Å². The van der Waals surface area contributed by atoms with Gasteiger partial charge in [0.05, 0.1) is 6.61 Å². The lowest BCUT2D eigenvalue weighted by Gasteiger charge is -2.24. The first-order chi connectivity index (χ1) is 14.7. The fourth-order valence-corrected chi connectivity index (χ4v) is 3.79. The average Bonchev–Trinajstić information content (AvgIpc) is 2.90. The van der Waals surface area contributed by atoms with Gasteiger partial charge in [0.25, 0.3) is 0 Å². The van der Waals surface area contributed by atoms with E-state index in [9.17, 15) is 9.18 Å². The highest BCUT2D eigenvalue weighted by Gasteiger charge is 2.25. The van der Waals surface area contributed by atoms with Gasteiger partial charge in [0, 0.05) is 29.6 Å².